The van der Waals surface area contributed by atoms with Gasteiger partial charge in [-0.1, -0.05) is 0 Å². The molecule has 0 spiro atoms. The Hall–Kier alpha value is -2.65. The maximum atomic E-state index is 6.44. The van der Waals surface area contributed by atoms with Crippen LogP contribution in [0.15, 0.2) is 77.3 Å². The Bertz CT molecular complexity index is 1280. The van der Waals surface area contributed by atoms with E-state index in [1.807, 2.05) is 0 Å². The van der Waals surface area contributed by atoms with E-state index in [9.17, 15) is 0 Å². The third kappa shape index (κ3) is 6.92. The number of methoxy groups -OCH3 is 3. The minimum atomic E-state index is -3.75. The zero-order chi connectivity index (χ0) is 27.9. The van der Waals surface area contributed by atoms with Crippen molar-refractivity contribution in [3.8, 4) is 34.5 Å². The Kier molecular flexibility index (Phi) is 9.54. The zero-order valence-electron chi connectivity index (χ0n) is 22.5. The van der Waals surface area contributed by atoms with Crippen LogP contribution in [0.5, 0.6) is 34.5 Å². The molecule has 0 aliphatic carbocycles. The molecule has 15 heteroatoms. The maximum absolute atomic E-state index is 6.44. The van der Waals surface area contributed by atoms with Gasteiger partial charge in [0.2, 0.25) is 0 Å². The van der Waals surface area contributed by atoms with Crippen LogP contribution in [0.3, 0.4) is 0 Å². The summed E-state index contributed by atoms with van der Waals surface area (Å²) in [6, 6.07) is 21.2. The average Bonchev–Trinajstić information content (AvgIpc) is 2.98. The van der Waals surface area contributed by atoms with Gasteiger partial charge >= 0.3 is 229 Å². The summed E-state index contributed by atoms with van der Waals surface area (Å²) in [7, 11) is -1.48. The molecule has 0 saturated carbocycles. The van der Waals surface area contributed by atoms with Crippen molar-refractivity contribution in [2.45, 2.75) is 0 Å². The van der Waals surface area contributed by atoms with Crippen molar-refractivity contribution < 1.29 is 41.4 Å². The number of ether oxygens (including phenoxy) is 3. The van der Waals surface area contributed by atoms with E-state index in [4.69, 9.17) is 45.9 Å². The molecule has 3 aromatic rings. The number of benzene rings is 3. The Morgan fingerprint density at radius 1 is 0.564 bits per heavy atom. The van der Waals surface area contributed by atoms with Crippen molar-refractivity contribution >= 4 is 23.7 Å². The second-order valence-electron chi connectivity index (χ2n) is 7.97. The van der Waals surface area contributed by atoms with Gasteiger partial charge in [-0.05, 0) is 0 Å². The van der Waals surface area contributed by atoms with Crippen LogP contribution in [-0.2, 0) is 13.6 Å². The summed E-state index contributed by atoms with van der Waals surface area (Å²) >= 11 is 0. The molecule has 3 aromatic carbocycles. The van der Waals surface area contributed by atoms with Crippen molar-refractivity contribution in [1.29, 1.82) is 0 Å². The molecular weight excluding hydrogens is 567 g/mol. The van der Waals surface area contributed by atoms with E-state index in [1.165, 1.54) is 21.3 Å². The molecule has 0 aromatic heterocycles. The normalized spacial score (nSPS) is 21.0. The summed E-state index contributed by atoms with van der Waals surface area (Å²) in [6.07, 6.45) is 0. The fourth-order valence-electron chi connectivity index (χ4n) is 3.57. The predicted octanol–water partition coefficient (Wildman–Crippen LogP) is 6.15. The summed E-state index contributed by atoms with van der Waals surface area (Å²) in [5, 5.41) is 0. The molecule has 2 N–H and O–H groups in total. The molecule has 1 heterocycles. The van der Waals surface area contributed by atoms with E-state index >= 15 is 0 Å². The molecule has 0 saturated heterocycles. The molecule has 12 nitrogen and oxygen atoms in total. The molecule has 1 unspecified atom stereocenters. The SMILES string of the molecule is COc1ccc(OP2(OC)=N[PH](OC)(Oc3ccc(OC)cc3)N[PH](OC)(Oc3ccc(OC)cc3)N2)cc1. The van der Waals surface area contributed by atoms with E-state index in [2.05, 4.69) is 9.72 Å². The molecular formula is C24H34N3O9P3. The van der Waals surface area contributed by atoms with Gasteiger partial charge in [0.25, 0.3) is 0 Å². The fourth-order valence-corrected chi connectivity index (χ4v) is 15.0. The first-order valence-corrected chi connectivity index (χ1v) is 16.9. The van der Waals surface area contributed by atoms with Gasteiger partial charge < -0.3 is 0 Å². The van der Waals surface area contributed by atoms with Crippen molar-refractivity contribution in [1.82, 2.24) is 9.72 Å². The Morgan fingerprint density at radius 2 is 1.00 bits per heavy atom. The van der Waals surface area contributed by atoms with Crippen LogP contribution < -0.4 is 37.5 Å². The second kappa shape index (κ2) is 12.7. The van der Waals surface area contributed by atoms with Crippen molar-refractivity contribution in [3.63, 3.8) is 0 Å². The Labute approximate surface area is 229 Å². The third-order valence-electron chi connectivity index (χ3n) is 5.61. The number of rotatable bonds is 12. The quantitative estimate of drug-likeness (QED) is 0.233. The third-order valence-corrected chi connectivity index (χ3v) is 15.7. The first kappa shape index (κ1) is 29.3. The van der Waals surface area contributed by atoms with Crippen LogP contribution in [0.25, 0.3) is 0 Å². The van der Waals surface area contributed by atoms with Gasteiger partial charge in [-0.25, -0.2) is 0 Å². The van der Waals surface area contributed by atoms with Crippen LogP contribution in [0.2, 0.25) is 0 Å². The molecule has 0 radical (unpaired) electrons. The van der Waals surface area contributed by atoms with Crippen LogP contribution in [0.4, 0.5) is 0 Å². The molecule has 0 fully saturated rings. The van der Waals surface area contributed by atoms with Gasteiger partial charge in [-0.3, -0.25) is 0 Å². The predicted molar refractivity (Wildman–Crippen MR) is 154 cm³/mol. The van der Waals surface area contributed by atoms with E-state index in [-0.39, 0.29) is 0 Å². The van der Waals surface area contributed by atoms with E-state index < -0.39 is 23.7 Å². The molecule has 214 valence electrons. The number of nitrogens with one attached hydrogen (secondary N) is 2. The van der Waals surface area contributed by atoms with Gasteiger partial charge in [0.05, 0.1) is 0 Å². The summed E-state index contributed by atoms with van der Waals surface area (Å²) in [5.74, 6) is 3.51. The second-order valence-corrected chi connectivity index (χ2v) is 15.9. The number of hydrogen-bond acceptors (Lipinski definition) is 12. The first-order valence-electron chi connectivity index (χ1n) is 11.7. The van der Waals surface area contributed by atoms with Crippen LogP contribution >= 0.6 is 23.7 Å². The standard InChI is InChI=1S/C24H34N3O9P3/c1-28-19-7-13-22(14-8-19)34-37(31-4)25-38(32-5,35-23-15-9-20(29-2)10-16-23)27-39(26-37,33-6)36-24-17-11-21(30-3)12-18-24/h7-18,25-26,37-38H,1-6H3. The van der Waals surface area contributed by atoms with Crippen molar-refractivity contribution in [3.05, 3.63) is 72.8 Å². The summed E-state index contributed by atoms with van der Waals surface area (Å²) in [5.41, 5.74) is 0. The topological polar surface area (TPSA) is 119 Å². The molecule has 0 amide bonds. The van der Waals surface area contributed by atoms with E-state index in [0.717, 1.165) is 0 Å². The summed E-state index contributed by atoms with van der Waals surface area (Å²) < 4.78 is 57.9. The molecule has 1 aliphatic rings. The summed E-state index contributed by atoms with van der Waals surface area (Å²) in [6.45, 7) is 0. The van der Waals surface area contributed by atoms with Gasteiger partial charge in [0.1, 0.15) is 0 Å². The van der Waals surface area contributed by atoms with Crippen molar-refractivity contribution in [2.75, 3.05) is 42.7 Å². The monoisotopic (exact) mass is 601 g/mol. The van der Waals surface area contributed by atoms with Crippen molar-refractivity contribution in [2.24, 2.45) is 4.52 Å². The van der Waals surface area contributed by atoms with Gasteiger partial charge in [0.15, 0.2) is 0 Å². The van der Waals surface area contributed by atoms with E-state index in [1.54, 1.807) is 94.1 Å². The fraction of sp³-hybridized carbons (Fsp3) is 0.250. The Balaban J connectivity index is 1.78. The van der Waals surface area contributed by atoms with Gasteiger partial charge in [0, 0.05) is 0 Å². The van der Waals surface area contributed by atoms with Gasteiger partial charge in [-0.15, -0.1) is 0 Å². The Morgan fingerprint density at radius 3 is 1.41 bits per heavy atom. The van der Waals surface area contributed by atoms with Crippen LogP contribution in [-0.4, -0.2) is 42.7 Å². The molecule has 0 bridgehead atoms. The van der Waals surface area contributed by atoms with Crippen LogP contribution in [0, 0.1) is 0 Å². The molecule has 1 atom stereocenters. The molecule has 4 rings (SSSR count). The summed E-state index contributed by atoms with van der Waals surface area (Å²) in [4.78, 5) is 6.63. The number of hydrogen-bond donors (Lipinski definition) is 2. The minimum absolute atomic E-state index is 0.482. The first-order chi connectivity index (χ1) is 18.8. The van der Waals surface area contributed by atoms with Gasteiger partial charge in [-0.2, -0.15) is 0 Å². The molecule has 1 aliphatic heterocycles. The van der Waals surface area contributed by atoms with E-state index in [0.29, 0.717) is 34.5 Å². The average molecular weight is 601 g/mol. The zero-order valence-corrected chi connectivity index (χ0v) is 25.4. The van der Waals surface area contributed by atoms with Crippen LogP contribution in [0.1, 0.15) is 0 Å². The number of nitrogens with zero attached hydrogens (tertiary/aromatic N) is 1. The molecule has 39 heavy (non-hydrogen) atoms.